The van der Waals surface area contributed by atoms with Crippen molar-refractivity contribution in [1.29, 1.82) is 0 Å². The van der Waals surface area contributed by atoms with E-state index in [1.54, 1.807) is 18.2 Å². The molecule has 1 saturated heterocycles. The molecule has 132 valence electrons. The van der Waals surface area contributed by atoms with E-state index in [0.717, 1.165) is 48.3 Å². The molecule has 4 rings (SSSR count). The summed E-state index contributed by atoms with van der Waals surface area (Å²) in [6.45, 7) is 1.55. The summed E-state index contributed by atoms with van der Waals surface area (Å²) in [5.74, 6) is -0.933. The van der Waals surface area contributed by atoms with Gasteiger partial charge in [0.25, 0.3) is 0 Å². The van der Waals surface area contributed by atoms with Crippen LogP contribution in [-0.4, -0.2) is 39.1 Å². The van der Waals surface area contributed by atoms with E-state index in [9.17, 15) is 4.79 Å². The lowest BCUT2D eigenvalue weighted by molar-refractivity contribution is 0.0660. The molecular weight excluding hydrogens is 330 g/mol. The van der Waals surface area contributed by atoms with E-state index in [1.807, 2.05) is 36.5 Å². The molecule has 0 aliphatic carbocycles. The molecular formula is C20H19N3O3. The van der Waals surface area contributed by atoms with Gasteiger partial charge in [0.05, 0.1) is 28.5 Å². The van der Waals surface area contributed by atoms with Gasteiger partial charge in [-0.25, -0.2) is 9.78 Å². The molecule has 26 heavy (non-hydrogen) atoms. The van der Waals surface area contributed by atoms with Gasteiger partial charge in [-0.3, -0.25) is 4.68 Å². The highest BCUT2D eigenvalue weighted by atomic mass is 16.5. The molecule has 0 radical (unpaired) electrons. The second-order valence-electron chi connectivity index (χ2n) is 6.33. The van der Waals surface area contributed by atoms with Gasteiger partial charge in [0.2, 0.25) is 0 Å². The SMILES string of the molecule is O=C(O)c1ccc2nc(/C=C/c3ccnn3C3CCOCC3)ccc2c1. The molecule has 1 fully saturated rings. The van der Waals surface area contributed by atoms with Crippen LogP contribution in [-0.2, 0) is 4.74 Å². The summed E-state index contributed by atoms with van der Waals surface area (Å²) in [6, 6.07) is 11.1. The first-order valence-corrected chi connectivity index (χ1v) is 8.64. The average Bonchev–Trinajstić information content (AvgIpc) is 3.15. The zero-order chi connectivity index (χ0) is 17.9. The van der Waals surface area contributed by atoms with Crippen LogP contribution in [0.4, 0.5) is 0 Å². The van der Waals surface area contributed by atoms with Crippen LogP contribution in [0.1, 0.15) is 40.6 Å². The van der Waals surface area contributed by atoms with Crippen molar-refractivity contribution in [3.8, 4) is 0 Å². The molecule has 0 saturated carbocycles. The second-order valence-corrected chi connectivity index (χ2v) is 6.33. The highest BCUT2D eigenvalue weighted by Crippen LogP contribution is 2.23. The summed E-state index contributed by atoms with van der Waals surface area (Å²) < 4.78 is 7.48. The molecule has 1 aromatic carbocycles. The van der Waals surface area contributed by atoms with Gasteiger partial charge < -0.3 is 9.84 Å². The first-order chi connectivity index (χ1) is 12.7. The van der Waals surface area contributed by atoms with Crippen LogP contribution >= 0.6 is 0 Å². The minimum absolute atomic E-state index is 0.267. The first-order valence-electron chi connectivity index (χ1n) is 8.64. The standard InChI is InChI=1S/C20H19N3O3/c24-20(25)15-2-6-19-14(13-15)1-3-16(22-19)4-5-17-7-10-21-23(17)18-8-11-26-12-9-18/h1-7,10,13,18H,8-9,11-12H2,(H,24,25)/b5-4+. The third kappa shape index (κ3) is 3.36. The number of aromatic nitrogens is 3. The van der Waals surface area contributed by atoms with E-state index >= 15 is 0 Å². The number of carboxylic acid groups (broad SMARTS) is 1. The monoisotopic (exact) mass is 349 g/mol. The molecule has 1 N–H and O–H groups in total. The minimum Gasteiger partial charge on any atom is -0.478 e. The largest absolute Gasteiger partial charge is 0.478 e. The zero-order valence-corrected chi connectivity index (χ0v) is 14.2. The fraction of sp³-hybridized carbons (Fsp3) is 0.250. The number of aromatic carboxylic acids is 1. The van der Waals surface area contributed by atoms with E-state index in [0.29, 0.717) is 6.04 Å². The second kappa shape index (κ2) is 7.09. The number of fused-ring (bicyclic) bond motifs is 1. The van der Waals surface area contributed by atoms with Gasteiger partial charge in [-0.15, -0.1) is 0 Å². The van der Waals surface area contributed by atoms with E-state index in [4.69, 9.17) is 9.84 Å². The Kier molecular flexibility index (Phi) is 4.50. The topological polar surface area (TPSA) is 77.2 Å². The summed E-state index contributed by atoms with van der Waals surface area (Å²) in [6.07, 6.45) is 7.74. The molecule has 0 amide bonds. The number of ether oxygens (including phenoxy) is 1. The molecule has 0 bridgehead atoms. The smallest absolute Gasteiger partial charge is 0.335 e. The van der Waals surface area contributed by atoms with Crippen LogP contribution in [0.15, 0.2) is 42.6 Å². The maximum Gasteiger partial charge on any atom is 0.335 e. The van der Waals surface area contributed by atoms with Gasteiger partial charge >= 0.3 is 5.97 Å². The Labute approximate surface area is 150 Å². The molecule has 3 aromatic rings. The summed E-state index contributed by atoms with van der Waals surface area (Å²) in [5, 5.41) is 14.4. The minimum atomic E-state index is -0.933. The van der Waals surface area contributed by atoms with Crippen molar-refractivity contribution in [3.05, 3.63) is 59.5 Å². The first kappa shape index (κ1) is 16.5. The van der Waals surface area contributed by atoms with Gasteiger partial charge in [0, 0.05) is 24.8 Å². The number of hydrogen-bond donors (Lipinski definition) is 1. The van der Waals surface area contributed by atoms with Crippen molar-refractivity contribution in [2.45, 2.75) is 18.9 Å². The Morgan fingerprint density at radius 1 is 1.15 bits per heavy atom. The van der Waals surface area contributed by atoms with E-state index in [2.05, 4.69) is 14.8 Å². The molecule has 0 atom stereocenters. The van der Waals surface area contributed by atoms with Crippen molar-refractivity contribution >= 4 is 29.0 Å². The van der Waals surface area contributed by atoms with Crippen molar-refractivity contribution < 1.29 is 14.6 Å². The van der Waals surface area contributed by atoms with Crippen molar-refractivity contribution in [3.63, 3.8) is 0 Å². The molecule has 0 unspecified atom stereocenters. The summed E-state index contributed by atoms with van der Waals surface area (Å²) in [5.41, 5.74) is 2.90. The highest BCUT2D eigenvalue weighted by molar-refractivity contribution is 5.93. The Bertz CT molecular complexity index is 971. The summed E-state index contributed by atoms with van der Waals surface area (Å²) in [7, 11) is 0. The molecule has 0 spiro atoms. The van der Waals surface area contributed by atoms with E-state index in [1.165, 1.54) is 0 Å². The van der Waals surface area contributed by atoms with E-state index in [-0.39, 0.29) is 5.56 Å². The number of rotatable bonds is 4. The summed E-state index contributed by atoms with van der Waals surface area (Å²) >= 11 is 0. The van der Waals surface area contributed by atoms with E-state index < -0.39 is 5.97 Å². The fourth-order valence-electron chi connectivity index (χ4n) is 3.23. The van der Waals surface area contributed by atoms with Crippen molar-refractivity contribution in [2.75, 3.05) is 13.2 Å². The third-order valence-electron chi connectivity index (χ3n) is 4.62. The van der Waals surface area contributed by atoms with Crippen molar-refractivity contribution in [1.82, 2.24) is 14.8 Å². The number of carboxylic acids is 1. The Balaban J connectivity index is 1.58. The lowest BCUT2D eigenvalue weighted by Crippen LogP contribution is -2.21. The van der Waals surface area contributed by atoms with Gasteiger partial charge in [-0.2, -0.15) is 5.10 Å². The highest BCUT2D eigenvalue weighted by Gasteiger charge is 2.17. The quantitative estimate of drug-likeness (QED) is 0.778. The molecule has 1 aliphatic heterocycles. The normalized spacial score (nSPS) is 15.7. The summed E-state index contributed by atoms with van der Waals surface area (Å²) in [4.78, 5) is 15.6. The number of benzene rings is 1. The van der Waals surface area contributed by atoms with Gasteiger partial charge in [-0.05, 0) is 55.3 Å². The number of pyridine rings is 1. The van der Waals surface area contributed by atoms with Gasteiger partial charge in [-0.1, -0.05) is 6.07 Å². The lowest BCUT2D eigenvalue weighted by atomic mass is 10.1. The Morgan fingerprint density at radius 3 is 2.81 bits per heavy atom. The Hall–Kier alpha value is -2.99. The zero-order valence-electron chi connectivity index (χ0n) is 14.2. The molecule has 1 aliphatic rings. The average molecular weight is 349 g/mol. The fourth-order valence-corrected chi connectivity index (χ4v) is 3.23. The number of hydrogen-bond acceptors (Lipinski definition) is 4. The molecule has 2 aromatic heterocycles. The lowest BCUT2D eigenvalue weighted by Gasteiger charge is -2.23. The predicted octanol–water partition coefficient (Wildman–Crippen LogP) is 3.65. The van der Waals surface area contributed by atoms with Crippen LogP contribution in [0.3, 0.4) is 0 Å². The van der Waals surface area contributed by atoms with Gasteiger partial charge in [0.15, 0.2) is 0 Å². The van der Waals surface area contributed by atoms with Crippen LogP contribution in [0, 0.1) is 0 Å². The van der Waals surface area contributed by atoms with Crippen LogP contribution in [0.25, 0.3) is 23.1 Å². The van der Waals surface area contributed by atoms with Gasteiger partial charge in [0.1, 0.15) is 0 Å². The Morgan fingerprint density at radius 2 is 2.00 bits per heavy atom. The third-order valence-corrected chi connectivity index (χ3v) is 4.62. The van der Waals surface area contributed by atoms with Crippen LogP contribution in [0.2, 0.25) is 0 Å². The maximum atomic E-state index is 11.1. The van der Waals surface area contributed by atoms with Crippen LogP contribution < -0.4 is 0 Å². The molecule has 3 heterocycles. The predicted molar refractivity (Wildman–Crippen MR) is 98.9 cm³/mol. The van der Waals surface area contributed by atoms with Crippen molar-refractivity contribution in [2.24, 2.45) is 0 Å². The number of carbonyl (C=O) groups is 1. The number of nitrogens with zero attached hydrogens (tertiary/aromatic N) is 3. The maximum absolute atomic E-state index is 11.1. The molecule has 6 heteroatoms. The molecule has 6 nitrogen and oxygen atoms in total. The van der Waals surface area contributed by atoms with Crippen LogP contribution in [0.5, 0.6) is 0 Å².